The van der Waals surface area contributed by atoms with E-state index in [0.29, 0.717) is 6.04 Å². The van der Waals surface area contributed by atoms with Crippen molar-refractivity contribution in [2.75, 3.05) is 13.1 Å². The molecule has 0 saturated carbocycles. The number of hydrogen-bond acceptors (Lipinski definition) is 2. The zero-order valence-electron chi connectivity index (χ0n) is 8.92. The highest BCUT2D eigenvalue weighted by Crippen LogP contribution is 1.96. The third-order valence-electron chi connectivity index (χ3n) is 2.27. The Hall–Kier alpha value is -0.800. The molecule has 0 aliphatic carbocycles. The minimum atomic E-state index is 0.335. The van der Waals surface area contributed by atoms with E-state index in [9.17, 15) is 0 Å². The molecular formula is C11H21N3. The monoisotopic (exact) mass is 195 g/mol. The second-order valence-corrected chi connectivity index (χ2v) is 3.84. The van der Waals surface area contributed by atoms with Gasteiger partial charge in [-0.05, 0) is 50.9 Å². The molecule has 0 aliphatic rings. The predicted octanol–water partition coefficient (Wildman–Crippen LogP) is 1.27. The van der Waals surface area contributed by atoms with Crippen molar-refractivity contribution in [2.24, 2.45) is 5.73 Å². The van der Waals surface area contributed by atoms with Gasteiger partial charge in [0.2, 0.25) is 0 Å². The van der Waals surface area contributed by atoms with Crippen LogP contribution in [0.3, 0.4) is 0 Å². The van der Waals surface area contributed by atoms with Gasteiger partial charge in [0, 0.05) is 18.4 Å². The quantitative estimate of drug-likeness (QED) is 0.574. The molecule has 0 fully saturated rings. The SMILES string of the molecule is CC(N)CCCNCCc1cc[nH]c1. The number of nitrogens with two attached hydrogens (primary N) is 1. The van der Waals surface area contributed by atoms with Crippen LogP contribution in [0, 0.1) is 0 Å². The number of hydrogen-bond donors (Lipinski definition) is 3. The van der Waals surface area contributed by atoms with Gasteiger partial charge in [0.05, 0.1) is 0 Å². The molecule has 1 rings (SSSR count). The van der Waals surface area contributed by atoms with Crippen molar-refractivity contribution in [3.05, 3.63) is 24.0 Å². The molecule has 1 aromatic rings. The summed E-state index contributed by atoms with van der Waals surface area (Å²) in [5, 5.41) is 3.41. The highest BCUT2D eigenvalue weighted by Gasteiger charge is 1.94. The molecule has 0 bridgehead atoms. The molecule has 1 atom stereocenters. The lowest BCUT2D eigenvalue weighted by Gasteiger charge is -2.05. The van der Waals surface area contributed by atoms with Crippen molar-refractivity contribution in [2.45, 2.75) is 32.2 Å². The van der Waals surface area contributed by atoms with E-state index in [1.807, 2.05) is 12.4 Å². The minimum absolute atomic E-state index is 0.335. The first kappa shape index (κ1) is 11.3. The minimum Gasteiger partial charge on any atom is -0.367 e. The summed E-state index contributed by atoms with van der Waals surface area (Å²) in [5.74, 6) is 0. The fourth-order valence-corrected chi connectivity index (χ4v) is 1.42. The molecular weight excluding hydrogens is 174 g/mol. The maximum atomic E-state index is 5.65. The van der Waals surface area contributed by atoms with E-state index in [4.69, 9.17) is 5.73 Å². The zero-order valence-corrected chi connectivity index (χ0v) is 8.92. The summed E-state index contributed by atoms with van der Waals surface area (Å²) in [6.07, 6.45) is 7.39. The maximum absolute atomic E-state index is 5.65. The molecule has 0 aliphatic heterocycles. The van der Waals surface area contributed by atoms with Crippen LogP contribution in [-0.4, -0.2) is 24.1 Å². The molecule has 0 saturated heterocycles. The third kappa shape index (κ3) is 5.04. The average Bonchev–Trinajstić information content (AvgIpc) is 2.63. The number of aromatic nitrogens is 1. The molecule has 0 amide bonds. The van der Waals surface area contributed by atoms with E-state index in [-0.39, 0.29) is 0 Å². The Balaban J connectivity index is 1.90. The van der Waals surface area contributed by atoms with Crippen molar-refractivity contribution in [3.63, 3.8) is 0 Å². The van der Waals surface area contributed by atoms with Crippen LogP contribution >= 0.6 is 0 Å². The average molecular weight is 195 g/mol. The summed E-state index contributed by atoms with van der Waals surface area (Å²) in [5.41, 5.74) is 7.02. The number of rotatable bonds is 7. The van der Waals surface area contributed by atoms with Gasteiger partial charge in [-0.3, -0.25) is 0 Å². The summed E-state index contributed by atoms with van der Waals surface area (Å²) in [6, 6.07) is 2.45. The number of nitrogens with one attached hydrogen (secondary N) is 2. The van der Waals surface area contributed by atoms with E-state index < -0.39 is 0 Å². The van der Waals surface area contributed by atoms with E-state index >= 15 is 0 Å². The molecule has 0 aromatic carbocycles. The molecule has 3 heteroatoms. The highest BCUT2D eigenvalue weighted by atomic mass is 14.8. The molecule has 0 spiro atoms. The summed E-state index contributed by atoms with van der Waals surface area (Å²) in [4.78, 5) is 3.05. The molecule has 1 heterocycles. The third-order valence-corrected chi connectivity index (χ3v) is 2.27. The van der Waals surface area contributed by atoms with Crippen LogP contribution in [-0.2, 0) is 6.42 Å². The van der Waals surface area contributed by atoms with Crippen molar-refractivity contribution < 1.29 is 0 Å². The van der Waals surface area contributed by atoms with E-state index in [0.717, 1.165) is 25.9 Å². The van der Waals surface area contributed by atoms with Crippen LogP contribution in [0.15, 0.2) is 18.5 Å². The van der Waals surface area contributed by atoms with Gasteiger partial charge in [-0.2, -0.15) is 0 Å². The van der Waals surface area contributed by atoms with Gasteiger partial charge in [0.25, 0.3) is 0 Å². The second kappa shape index (κ2) is 6.62. The fourth-order valence-electron chi connectivity index (χ4n) is 1.42. The molecule has 4 N–H and O–H groups in total. The highest BCUT2D eigenvalue weighted by molar-refractivity contribution is 5.08. The molecule has 14 heavy (non-hydrogen) atoms. The first-order valence-electron chi connectivity index (χ1n) is 5.37. The van der Waals surface area contributed by atoms with Crippen LogP contribution in [0.25, 0.3) is 0 Å². The van der Waals surface area contributed by atoms with Gasteiger partial charge in [-0.25, -0.2) is 0 Å². The maximum Gasteiger partial charge on any atom is 0.00378 e. The molecule has 1 aromatic heterocycles. The Morgan fingerprint density at radius 2 is 2.36 bits per heavy atom. The van der Waals surface area contributed by atoms with Gasteiger partial charge in [0.1, 0.15) is 0 Å². The molecule has 80 valence electrons. The topological polar surface area (TPSA) is 53.8 Å². The lowest BCUT2D eigenvalue weighted by atomic mass is 10.2. The van der Waals surface area contributed by atoms with Crippen LogP contribution in [0.2, 0.25) is 0 Å². The van der Waals surface area contributed by atoms with Gasteiger partial charge in [-0.15, -0.1) is 0 Å². The number of aromatic amines is 1. The van der Waals surface area contributed by atoms with Crippen molar-refractivity contribution in [3.8, 4) is 0 Å². The zero-order chi connectivity index (χ0) is 10.2. The van der Waals surface area contributed by atoms with Crippen molar-refractivity contribution in [1.82, 2.24) is 10.3 Å². The molecule has 3 nitrogen and oxygen atoms in total. The Morgan fingerprint density at radius 1 is 1.50 bits per heavy atom. The van der Waals surface area contributed by atoms with Gasteiger partial charge in [0.15, 0.2) is 0 Å². The normalized spacial score (nSPS) is 13.0. The first-order chi connectivity index (χ1) is 6.79. The van der Waals surface area contributed by atoms with Gasteiger partial charge >= 0.3 is 0 Å². The Labute approximate surface area is 86.1 Å². The lowest BCUT2D eigenvalue weighted by Crippen LogP contribution is -2.21. The first-order valence-corrected chi connectivity index (χ1v) is 5.37. The summed E-state index contributed by atoms with van der Waals surface area (Å²) >= 11 is 0. The summed E-state index contributed by atoms with van der Waals surface area (Å²) < 4.78 is 0. The molecule has 1 unspecified atom stereocenters. The Kier molecular flexibility index (Phi) is 5.33. The smallest absolute Gasteiger partial charge is 0.00378 e. The van der Waals surface area contributed by atoms with E-state index in [2.05, 4.69) is 23.3 Å². The largest absolute Gasteiger partial charge is 0.367 e. The van der Waals surface area contributed by atoms with Gasteiger partial charge < -0.3 is 16.0 Å². The second-order valence-electron chi connectivity index (χ2n) is 3.84. The van der Waals surface area contributed by atoms with Crippen LogP contribution in [0.4, 0.5) is 0 Å². The fraction of sp³-hybridized carbons (Fsp3) is 0.636. The van der Waals surface area contributed by atoms with E-state index in [1.54, 1.807) is 0 Å². The van der Waals surface area contributed by atoms with Crippen LogP contribution < -0.4 is 11.1 Å². The van der Waals surface area contributed by atoms with Crippen LogP contribution in [0.5, 0.6) is 0 Å². The molecule has 0 radical (unpaired) electrons. The van der Waals surface area contributed by atoms with Gasteiger partial charge in [-0.1, -0.05) is 0 Å². The number of H-pyrrole nitrogens is 1. The Morgan fingerprint density at radius 3 is 3.00 bits per heavy atom. The van der Waals surface area contributed by atoms with E-state index in [1.165, 1.54) is 12.0 Å². The Bertz CT molecular complexity index is 216. The lowest BCUT2D eigenvalue weighted by molar-refractivity contribution is 0.575. The van der Waals surface area contributed by atoms with Crippen LogP contribution in [0.1, 0.15) is 25.3 Å². The van der Waals surface area contributed by atoms with Crippen molar-refractivity contribution >= 4 is 0 Å². The summed E-state index contributed by atoms with van der Waals surface area (Å²) in [7, 11) is 0. The standard InChI is InChI=1S/C11H21N3/c1-10(12)3-2-6-13-7-4-11-5-8-14-9-11/h5,8-10,13-14H,2-4,6-7,12H2,1H3. The predicted molar refractivity (Wildman–Crippen MR) is 60.2 cm³/mol. The van der Waals surface area contributed by atoms with Crippen molar-refractivity contribution in [1.29, 1.82) is 0 Å². The summed E-state index contributed by atoms with van der Waals surface area (Å²) in [6.45, 7) is 4.18.